The number of hydrogen-bond acceptors (Lipinski definition) is 5. The molecule has 1 aromatic heterocycles. The van der Waals surface area contributed by atoms with Gasteiger partial charge in [0.05, 0.1) is 0 Å². The van der Waals surface area contributed by atoms with E-state index in [1.807, 2.05) is 6.92 Å². The molecule has 0 fully saturated rings. The van der Waals surface area contributed by atoms with Crippen LogP contribution in [0.2, 0.25) is 0 Å². The number of aromatic nitrogens is 2. The van der Waals surface area contributed by atoms with Crippen molar-refractivity contribution < 1.29 is 9.47 Å². The lowest BCUT2D eigenvalue weighted by Gasteiger charge is -2.14. The molecule has 5 heteroatoms. The fourth-order valence-electron chi connectivity index (χ4n) is 1.03. The Balaban J connectivity index is 3.03. The van der Waals surface area contributed by atoms with E-state index < -0.39 is 6.29 Å². The summed E-state index contributed by atoms with van der Waals surface area (Å²) in [5.41, 5.74) is 7.00. The summed E-state index contributed by atoms with van der Waals surface area (Å²) in [6.07, 6.45) is 1.16. The third kappa shape index (κ3) is 2.13. The molecule has 0 saturated carbocycles. The molecule has 0 radical (unpaired) electrons. The molecule has 0 aliphatic carbocycles. The van der Waals surface area contributed by atoms with Gasteiger partial charge in [0.15, 0.2) is 0 Å². The molecule has 2 N–H and O–H groups in total. The van der Waals surface area contributed by atoms with Crippen LogP contribution in [0, 0.1) is 6.92 Å². The first-order valence-corrected chi connectivity index (χ1v) is 3.83. The van der Waals surface area contributed by atoms with Crippen LogP contribution in [-0.2, 0) is 9.47 Å². The molecular weight excluding hydrogens is 170 g/mol. The predicted molar refractivity (Wildman–Crippen MR) is 47.9 cm³/mol. The third-order valence-corrected chi connectivity index (χ3v) is 1.68. The SMILES string of the molecule is COC(OC)c1nc(N)ncc1C. The molecule has 0 saturated heterocycles. The van der Waals surface area contributed by atoms with E-state index in [2.05, 4.69) is 9.97 Å². The first kappa shape index (κ1) is 9.88. The summed E-state index contributed by atoms with van der Waals surface area (Å²) in [5.74, 6) is 0.222. The topological polar surface area (TPSA) is 70.3 Å². The summed E-state index contributed by atoms with van der Waals surface area (Å²) in [5, 5.41) is 0. The Morgan fingerprint density at radius 1 is 1.38 bits per heavy atom. The van der Waals surface area contributed by atoms with Gasteiger partial charge in [-0.25, -0.2) is 9.97 Å². The average molecular weight is 183 g/mol. The van der Waals surface area contributed by atoms with Crippen LogP contribution >= 0.6 is 0 Å². The highest BCUT2D eigenvalue weighted by Crippen LogP contribution is 2.18. The van der Waals surface area contributed by atoms with Crippen LogP contribution in [0.5, 0.6) is 0 Å². The number of nitrogens with two attached hydrogens (primary N) is 1. The quantitative estimate of drug-likeness (QED) is 0.697. The van der Waals surface area contributed by atoms with E-state index in [1.54, 1.807) is 20.4 Å². The van der Waals surface area contributed by atoms with E-state index in [9.17, 15) is 0 Å². The van der Waals surface area contributed by atoms with Gasteiger partial charge in [0.25, 0.3) is 0 Å². The Hall–Kier alpha value is -1.20. The number of ether oxygens (including phenoxy) is 2. The summed E-state index contributed by atoms with van der Waals surface area (Å²) in [6.45, 7) is 1.87. The zero-order valence-corrected chi connectivity index (χ0v) is 7.94. The van der Waals surface area contributed by atoms with Crippen LogP contribution in [0.25, 0.3) is 0 Å². The van der Waals surface area contributed by atoms with Gasteiger partial charge in [-0.2, -0.15) is 0 Å². The minimum atomic E-state index is -0.481. The second-order valence-corrected chi connectivity index (χ2v) is 2.60. The zero-order valence-electron chi connectivity index (χ0n) is 7.94. The van der Waals surface area contributed by atoms with Crippen molar-refractivity contribution in [2.45, 2.75) is 13.2 Å². The summed E-state index contributed by atoms with van der Waals surface area (Å²) >= 11 is 0. The minimum Gasteiger partial charge on any atom is -0.368 e. The van der Waals surface area contributed by atoms with Crippen LogP contribution in [0.4, 0.5) is 5.95 Å². The molecule has 0 aromatic carbocycles. The van der Waals surface area contributed by atoms with E-state index in [0.29, 0.717) is 5.69 Å². The minimum absolute atomic E-state index is 0.222. The molecular formula is C8H13N3O2. The maximum Gasteiger partial charge on any atom is 0.220 e. The van der Waals surface area contributed by atoms with E-state index in [4.69, 9.17) is 15.2 Å². The smallest absolute Gasteiger partial charge is 0.220 e. The molecule has 72 valence electrons. The molecule has 0 aliphatic rings. The van der Waals surface area contributed by atoms with Gasteiger partial charge in [-0.1, -0.05) is 0 Å². The number of anilines is 1. The lowest BCUT2D eigenvalue weighted by atomic mass is 10.2. The van der Waals surface area contributed by atoms with Gasteiger partial charge < -0.3 is 15.2 Å². The summed E-state index contributed by atoms with van der Waals surface area (Å²) in [6, 6.07) is 0. The summed E-state index contributed by atoms with van der Waals surface area (Å²) in [7, 11) is 3.10. The molecule has 13 heavy (non-hydrogen) atoms. The van der Waals surface area contributed by atoms with E-state index in [1.165, 1.54) is 0 Å². The molecule has 0 spiro atoms. The Morgan fingerprint density at radius 3 is 2.54 bits per heavy atom. The number of nitrogens with zero attached hydrogens (tertiary/aromatic N) is 2. The monoisotopic (exact) mass is 183 g/mol. The molecule has 1 heterocycles. The third-order valence-electron chi connectivity index (χ3n) is 1.68. The number of rotatable bonds is 3. The Labute approximate surface area is 76.9 Å². The van der Waals surface area contributed by atoms with E-state index >= 15 is 0 Å². The molecule has 0 atom stereocenters. The molecule has 0 aliphatic heterocycles. The first-order chi connectivity index (χ1) is 6.19. The van der Waals surface area contributed by atoms with Gasteiger partial charge in [0.1, 0.15) is 5.69 Å². The molecule has 5 nitrogen and oxygen atoms in total. The number of hydrogen-bond donors (Lipinski definition) is 1. The lowest BCUT2D eigenvalue weighted by molar-refractivity contribution is -0.109. The van der Waals surface area contributed by atoms with Crippen molar-refractivity contribution in [3.63, 3.8) is 0 Å². The Bertz CT molecular complexity index is 287. The van der Waals surface area contributed by atoms with Crippen molar-refractivity contribution in [1.29, 1.82) is 0 Å². The normalized spacial score (nSPS) is 10.8. The Morgan fingerprint density at radius 2 is 2.00 bits per heavy atom. The van der Waals surface area contributed by atoms with E-state index in [0.717, 1.165) is 5.56 Å². The predicted octanol–water partition coefficient (Wildman–Crippen LogP) is 0.659. The van der Waals surface area contributed by atoms with Crippen LogP contribution < -0.4 is 5.73 Å². The first-order valence-electron chi connectivity index (χ1n) is 3.83. The van der Waals surface area contributed by atoms with Gasteiger partial charge in [0.2, 0.25) is 12.2 Å². The largest absolute Gasteiger partial charge is 0.368 e. The van der Waals surface area contributed by atoms with Gasteiger partial charge in [-0.05, 0) is 12.5 Å². The van der Waals surface area contributed by atoms with Gasteiger partial charge in [-0.3, -0.25) is 0 Å². The molecule has 1 aromatic rings. The fraction of sp³-hybridized carbons (Fsp3) is 0.500. The highest BCUT2D eigenvalue weighted by atomic mass is 16.7. The zero-order chi connectivity index (χ0) is 9.84. The highest BCUT2D eigenvalue weighted by molar-refractivity contribution is 5.24. The van der Waals surface area contributed by atoms with Crippen LogP contribution in [0.15, 0.2) is 6.20 Å². The molecule has 1 rings (SSSR count). The summed E-state index contributed by atoms with van der Waals surface area (Å²) in [4.78, 5) is 7.88. The van der Waals surface area contributed by atoms with Crippen molar-refractivity contribution >= 4 is 5.95 Å². The maximum atomic E-state index is 5.44. The molecule has 0 unspecified atom stereocenters. The van der Waals surface area contributed by atoms with Gasteiger partial charge >= 0.3 is 0 Å². The second-order valence-electron chi connectivity index (χ2n) is 2.60. The summed E-state index contributed by atoms with van der Waals surface area (Å²) < 4.78 is 10.1. The number of methoxy groups -OCH3 is 2. The van der Waals surface area contributed by atoms with Crippen molar-refractivity contribution in [2.24, 2.45) is 0 Å². The van der Waals surface area contributed by atoms with Crippen molar-refractivity contribution in [3.8, 4) is 0 Å². The standard InChI is InChI=1S/C8H13N3O2/c1-5-4-10-8(9)11-6(5)7(12-2)13-3/h4,7H,1-3H3,(H2,9,10,11). The van der Waals surface area contributed by atoms with Crippen LogP contribution in [-0.4, -0.2) is 24.2 Å². The fourth-order valence-corrected chi connectivity index (χ4v) is 1.03. The van der Waals surface area contributed by atoms with Crippen molar-refractivity contribution in [3.05, 3.63) is 17.5 Å². The van der Waals surface area contributed by atoms with Gasteiger partial charge in [0, 0.05) is 20.4 Å². The number of aryl methyl sites for hydroxylation is 1. The average Bonchev–Trinajstić information content (AvgIpc) is 2.13. The van der Waals surface area contributed by atoms with Crippen molar-refractivity contribution in [1.82, 2.24) is 9.97 Å². The lowest BCUT2D eigenvalue weighted by Crippen LogP contribution is -2.10. The van der Waals surface area contributed by atoms with Crippen LogP contribution in [0.3, 0.4) is 0 Å². The molecule has 0 amide bonds. The Kier molecular flexibility index (Phi) is 3.16. The highest BCUT2D eigenvalue weighted by Gasteiger charge is 2.14. The van der Waals surface area contributed by atoms with Crippen LogP contribution in [0.1, 0.15) is 17.5 Å². The molecule has 0 bridgehead atoms. The second kappa shape index (κ2) is 4.15. The van der Waals surface area contributed by atoms with Gasteiger partial charge in [-0.15, -0.1) is 0 Å². The van der Waals surface area contributed by atoms with E-state index in [-0.39, 0.29) is 5.95 Å². The maximum absolute atomic E-state index is 5.44. The van der Waals surface area contributed by atoms with Crippen molar-refractivity contribution in [2.75, 3.05) is 20.0 Å². The number of nitrogen functional groups attached to an aromatic ring is 1.